The standard InChI is InChI=1S/C26H28N2O3/c1-4-23(31-24-17-11-8-12-18(24)2)26(30)28-22-16-10-9-15-21(22)25(29)27-19(3)20-13-6-5-7-14-20/h5-17,19,23H,4H2,1-3H3,(H,27,29)(H,28,30)/t19-,23-/m1/s1. The Hall–Kier alpha value is -3.60. The van der Waals surface area contributed by atoms with Gasteiger partial charge in [-0.1, -0.05) is 67.6 Å². The molecule has 0 aliphatic heterocycles. The number of aryl methyl sites for hydroxylation is 1. The van der Waals surface area contributed by atoms with E-state index in [9.17, 15) is 9.59 Å². The number of carbonyl (C=O) groups is 2. The highest BCUT2D eigenvalue weighted by atomic mass is 16.5. The van der Waals surface area contributed by atoms with Gasteiger partial charge in [-0.2, -0.15) is 0 Å². The Labute approximate surface area is 183 Å². The maximum Gasteiger partial charge on any atom is 0.265 e. The van der Waals surface area contributed by atoms with Gasteiger partial charge in [0.2, 0.25) is 0 Å². The molecule has 3 aromatic rings. The molecule has 0 unspecified atom stereocenters. The fraction of sp³-hybridized carbons (Fsp3) is 0.231. The third kappa shape index (κ3) is 5.72. The van der Waals surface area contributed by atoms with Crippen molar-refractivity contribution in [3.63, 3.8) is 0 Å². The van der Waals surface area contributed by atoms with E-state index in [-0.39, 0.29) is 17.9 Å². The monoisotopic (exact) mass is 416 g/mol. The molecule has 160 valence electrons. The summed E-state index contributed by atoms with van der Waals surface area (Å²) in [4.78, 5) is 25.8. The number of para-hydroxylation sites is 2. The minimum atomic E-state index is -0.666. The van der Waals surface area contributed by atoms with Gasteiger partial charge in [-0.3, -0.25) is 9.59 Å². The summed E-state index contributed by atoms with van der Waals surface area (Å²) in [6.07, 6.45) is -0.167. The number of amides is 2. The Morgan fingerprint density at radius 2 is 1.55 bits per heavy atom. The molecule has 0 saturated heterocycles. The molecule has 5 nitrogen and oxygen atoms in total. The number of hydrogen-bond donors (Lipinski definition) is 2. The molecule has 3 rings (SSSR count). The lowest BCUT2D eigenvalue weighted by Crippen LogP contribution is -2.34. The van der Waals surface area contributed by atoms with Crippen LogP contribution in [-0.2, 0) is 4.79 Å². The average molecular weight is 417 g/mol. The Kier molecular flexibility index (Phi) is 7.44. The summed E-state index contributed by atoms with van der Waals surface area (Å²) in [5.41, 5.74) is 2.83. The van der Waals surface area contributed by atoms with Crippen LogP contribution >= 0.6 is 0 Å². The van der Waals surface area contributed by atoms with Crippen LogP contribution < -0.4 is 15.4 Å². The van der Waals surface area contributed by atoms with Crippen LogP contribution in [0.1, 0.15) is 47.8 Å². The first-order valence-corrected chi connectivity index (χ1v) is 10.5. The first-order chi connectivity index (χ1) is 15.0. The van der Waals surface area contributed by atoms with Gasteiger partial charge < -0.3 is 15.4 Å². The molecule has 0 radical (unpaired) electrons. The number of hydrogen-bond acceptors (Lipinski definition) is 3. The van der Waals surface area contributed by atoms with Gasteiger partial charge in [0.15, 0.2) is 6.10 Å². The van der Waals surface area contributed by atoms with Crippen LogP contribution in [0.15, 0.2) is 78.9 Å². The summed E-state index contributed by atoms with van der Waals surface area (Å²) in [6.45, 7) is 5.76. The second-order valence-electron chi connectivity index (χ2n) is 7.42. The summed E-state index contributed by atoms with van der Waals surface area (Å²) < 4.78 is 5.94. The van der Waals surface area contributed by atoms with E-state index in [1.54, 1.807) is 24.3 Å². The van der Waals surface area contributed by atoms with Crippen LogP contribution in [0.3, 0.4) is 0 Å². The summed E-state index contributed by atoms with van der Waals surface area (Å²) in [6, 6.07) is 24.1. The maximum atomic E-state index is 12.9. The highest BCUT2D eigenvalue weighted by Gasteiger charge is 2.22. The number of benzene rings is 3. The molecule has 5 heteroatoms. The molecule has 3 aromatic carbocycles. The van der Waals surface area contributed by atoms with Crippen molar-refractivity contribution in [1.82, 2.24) is 5.32 Å². The highest BCUT2D eigenvalue weighted by Crippen LogP contribution is 2.21. The van der Waals surface area contributed by atoms with Crippen molar-refractivity contribution in [3.8, 4) is 5.75 Å². The molecule has 2 atom stereocenters. The topological polar surface area (TPSA) is 67.4 Å². The summed E-state index contributed by atoms with van der Waals surface area (Å²) in [7, 11) is 0. The van der Waals surface area contributed by atoms with E-state index in [1.165, 1.54) is 0 Å². The van der Waals surface area contributed by atoms with Gasteiger partial charge in [-0.15, -0.1) is 0 Å². The van der Waals surface area contributed by atoms with Crippen LogP contribution in [-0.4, -0.2) is 17.9 Å². The summed E-state index contributed by atoms with van der Waals surface area (Å²) in [5, 5.41) is 5.87. The Morgan fingerprint density at radius 3 is 2.26 bits per heavy atom. The molecule has 31 heavy (non-hydrogen) atoms. The quantitative estimate of drug-likeness (QED) is 0.525. The molecule has 0 saturated carbocycles. The Bertz CT molecular complexity index is 1030. The van der Waals surface area contributed by atoms with Gasteiger partial charge in [0.05, 0.1) is 17.3 Å². The van der Waals surface area contributed by atoms with Crippen LogP contribution in [0, 0.1) is 6.92 Å². The number of carbonyl (C=O) groups excluding carboxylic acids is 2. The zero-order valence-corrected chi connectivity index (χ0v) is 18.1. The molecule has 0 aliphatic carbocycles. The number of rotatable bonds is 8. The van der Waals surface area contributed by atoms with E-state index in [0.29, 0.717) is 23.4 Å². The SMILES string of the molecule is CC[C@@H](Oc1ccccc1C)C(=O)Nc1ccccc1C(=O)N[C@H](C)c1ccccc1. The van der Waals surface area contributed by atoms with Crippen molar-refractivity contribution in [2.45, 2.75) is 39.3 Å². The van der Waals surface area contributed by atoms with Crippen molar-refractivity contribution in [1.29, 1.82) is 0 Å². The lowest BCUT2D eigenvalue weighted by Gasteiger charge is -2.20. The first-order valence-electron chi connectivity index (χ1n) is 10.5. The average Bonchev–Trinajstić information content (AvgIpc) is 2.79. The van der Waals surface area contributed by atoms with Crippen molar-refractivity contribution < 1.29 is 14.3 Å². The maximum absolute atomic E-state index is 12.9. The minimum Gasteiger partial charge on any atom is -0.480 e. The normalized spacial score (nSPS) is 12.5. The van der Waals surface area contributed by atoms with E-state index in [4.69, 9.17) is 4.74 Å². The van der Waals surface area contributed by atoms with Gasteiger partial charge in [0.1, 0.15) is 5.75 Å². The lowest BCUT2D eigenvalue weighted by molar-refractivity contribution is -0.122. The van der Waals surface area contributed by atoms with Crippen LogP contribution in [0.25, 0.3) is 0 Å². The van der Waals surface area contributed by atoms with Gasteiger partial charge in [-0.05, 0) is 49.6 Å². The van der Waals surface area contributed by atoms with Crippen LogP contribution in [0.4, 0.5) is 5.69 Å². The molecule has 0 spiro atoms. The van der Waals surface area contributed by atoms with Gasteiger partial charge in [0.25, 0.3) is 11.8 Å². The number of ether oxygens (including phenoxy) is 1. The van der Waals surface area contributed by atoms with E-state index in [1.807, 2.05) is 75.4 Å². The molecule has 0 heterocycles. The zero-order valence-electron chi connectivity index (χ0n) is 18.1. The fourth-order valence-electron chi connectivity index (χ4n) is 3.27. The van der Waals surface area contributed by atoms with E-state index >= 15 is 0 Å². The van der Waals surface area contributed by atoms with Crippen molar-refractivity contribution in [3.05, 3.63) is 95.6 Å². The Morgan fingerprint density at radius 1 is 0.903 bits per heavy atom. The third-order valence-electron chi connectivity index (χ3n) is 5.10. The number of nitrogens with one attached hydrogen (secondary N) is 2. The van der Waals surface area contributed by atoms with E-state index in [0.717, 1.165) is 11.1 Å². The van der Waals surface area contributed by atoms with E-state index in [2.05, 4.69) is 10.6 Å². The first kappa shape index (κ1) is 22.1. The third-order valence-corrected chi connectivity index (χ3v) is 5.10. The largest absolute Gasteiger partial charge is 0.480 e. The van der Waals surface area contributed by atoms with Gasteiger partial charge in [0, 0.05) is 0 Å². The van der Waals surface area contributed by atoms with Crippen molar-refractivity contribution in [2.75, 3.05) is 5.32 Å². The van der Waals surface area contributed by atoms with Gasteiger partial charge in [-0.25, -0.2) is 0 Å². The number of anilines is 1. The van der Waals surface area contributed by atoms with Crippen LogP contribution in [0.5, 0.6) is 5.75 Å². The smallest absolute Gasteiger partial charge is 0.265 e. The Balaban J connectivity index is 1.72. The zero-order chi connectivity index (χ0) is 22.2. The molecule has 0 aromatic heterocycles. The minimum absolute atomic E-state index is 0.162. The molecular weight excluding hydrogens is 388 g/mol. The molecule has 0 fully saturated rings. The molecule has 0 bridgehead atoms. The lowest BCUT2D eigenvalue weighted by atomic mass is 10.1. The second kappa shape index (κ2) is 10.4. The molecule has 2 amide bonds. The van der Waals surface area contributed by atoms with Gasteiger partial charge >= 0.3 is 0 Å². The molecule has 0 aliphatic rings. The summed E-state index contributed by atoms with van der Waals surface area (Å²) in [5.74, 6) is 0.134. The van der Waals surface area contributed by atoms with Crippen LogP contribution in [0.2, 0.25) is 0 Å². The van der Waals surface area contributed by atoms with Crippen molar-refractivity contribution in [2.24, 2.45) is 0 Å². The second-order valence-corrected chi connectivity index (χ2v) is 7.42. The summed E-state index contributed by atoms with van der Waals surface area (Å²) >= 11 is 0. The molecule has 2 N–H and O–H groups in total. The predicted octanol–water partition coefficient (Wildman–Crippen LogP) is 5.28. The molecular formula is C26H28N2O3. The fourth-order valence-corrected chi connectivity index (χ4v) is 3.27. The van der Waals surface area contributed by atoms with Crippen molar-refractivity contribution >= 4 is 17.5 Å². The predicted molar refractivity (Wildman–Crippen MR) is 123 cm³/mol. The van der Waals surface area contributed by atoms with E-state index < -0.39 is 6.10 Å². The highest BCUT2D eigenvalue weighted by molar-refractivity contribution is 6.04.